The lowest BCUT2D eigenvalue weighted by Gasteiger charge is -2.36. The first kappa shape index (κ1) is 22.8. The number of benzene rings is 2. The Hall–Kier alpha value is -1.85. The van der Waals surface area contributed by atoms with Gasteiger partial charge in [-0.1, -0.05) is 11.6 Å². The minimum atomic E-state index is -3.46. The molecule has 162 valence electrons. The second kappa shape index (κ2) is 9.97. The van der Waals surface area contributed by atoms with Crippen molar-refractivity contribution in [3.63, 3.8) is 0 Å². The number of esters is 1. The van der Waals surface area contributed by atoms with Crippen molar-refractivity contribution >= 4 is 30.4 Å². The van der Waals surface area contributed by atoms with Crippen LogP contribution in [0.3, 0.4) is 0 Å². The Morgan fingerprint density at radius 1 is 1.20 bits per heavy atom. The van der Waals surface area contributed by atoms with Crippen LogP contribution in [-0.2, 0) is 18.6 Å². The molecule has 0 aromatic heterocycles. The molecule has 1 aliphatic rings. The number of carbonyl (C=O) groups excluding carboxylic acids is 1. The molecular formula is C22H27ClNO5P. The molecule has 3 rings (SSSR count). The van der Waals surface area contributed by atoms with Crippen LogP contribution in [0.2, 0.25) is 5.02 Å². The van der Waals surface area contributed by atoms with E-state index in [4.69, 9.17) is 25.6 Å². The fourth-order valence-corrected chi connectivity index (χ4v) is 6.32. The van der Waals surface area contributed by atoms with E-state index in [-0.39, 0.29) is 12.6 Å². The van der Waals surface area contributed by atoms with E-state index in [1.807, 2.05) is 6.92 Å². The van der Waals surface area contributed by atoms with Crippen LogP contribution in [0.5, 0.6) is 11.5 Å². The van der Waals surface area contributed by atoms with Crippen molar-refractivity contribution in [2.75, 3.05) is 13.2 Å². The molecule has 2 aromatic carbocycles. The number of rotatable bonds is 6. The third-order valence-corrected chi connectivity index (χ3v) is 8.11. The average Bonchev–Trinajstić information content (AvgIpc) is 2.88. The largest absolute Gasteiger partial charge is 0.465 e. The van der Waals surface area contributed by atoms with Crippen molar-refractivity contribution in [3.05, 3.63) is 53.6 Å². The molecule has 0 N–H and O–H groups in total. The van der Waals surface area contributed by atoms with E-state index in [0.717, 1.165) is 12.8 Å². The summed E-state index contributed by atoms with van der Waals surface area (Å²) < 4.78 is 32.7. The second-order valence-corrected chi connectivity index (χ2v) is 9.92. The topological polar surface area (TPSA) is 65.1 Å². The number of hydrogen-bond acceptors (Lipinski definition) is 5. The first-order chi connectivity index (χ1) is 14.3. The Bertz CT molecular complexity index is 903. The van der Waals surface area contributed by atoms with E-state index >= 15 is 0 Å². The van der Waals surface area contributed by atoms with Crippen LogP contribution in [0.15, 0.2) is 48.5 Å². The molecule has 0 amide bonds. The second-order valence-electron chi connectivity index (χ2n) is 7.20. The maximum Gasteiger partial charge on any atom is 0.323 e. The number of halogens is 1. The van der Waals surface area contributed by atoms with Gasteiger partial charge in [0.25, 0.3) is 0 Å². The molecule has 0 saturated carbocycles. The molecule has 30 heavy (non-hydrogen) atoms. The Morgan fingerprint density at radius 2 is 1.80 bits per heavy atom. The van der Waals surface area contributed by atoms with Crippen LogP contribution < -0.4 is 10.0 Å². The highest BCUT2D eigenvalue weighted by molar-refractivity contribution is 7.64. The van der Waals surface area contributed by atoms with Gasteiger partial charge in [-0.25, -0.2) is 4.67 Å². The van der Waals surface area contributed by atoms with Gasteiger partial charge in [-0.2, -0.15) is 0 Å². The molecule has 0 bridgehead atoms. The number of nitrogens with zero attached hydrogens (tertiary/aromatic N) is 1. The van der Waals surface area contributed by atoms with Gasteiger partial charge in [0.05, 0.1) is 18.5 Å². The highest BCUT2D eigenvalue weighted by Crippen LogP contribution is 2.54. The Kier molecular flexibility index (Phi) is 7.59. The van der Waals surface area contributed by atoms with Crippen molar-refractivity contribution in [2.45, 2.75) is 45.7 Å². The summed E-state index contributed by atoms with van der Waals surface area (Å²) in [6.07, 6.45) is 1.56. The molecule has 6 nitrogen and oxygen atoms in total. The summed E-state index contributed by atoms with van der Waals surface area (Å²) in [5.41, 5.74) is 0. The summed E-state index contributed by atoms with van der Waals surface area (Å²) in [4.78, 5) is 12.4. The summed E-state index contributed by atoms with van der Waals surface area (Å²) in [6.45, 7) is 6.08. The summed E-state index contributed by atoms with van der Waals surface area (Å²) in [5, 5.41) is 1.15. The molecule has 1 fully saturated rings. The van der Waals surface area contributed by atoms with Crippen LogP contribution in [0.25, 0.3) is 0 Å². The normalized spacial score (nSPS) is 23.4. The summed E-state index contributed by atoms with van der Waals surface area (Å²) in [5.74, 6) is 0.842. The van der Waals surface area contributed by atoms with Crippen LogP contribution in [-0.4, -0.2) is 35.9 Å². The van der Waals surface area contributed by atoms with Gasteiger partial charge in [0.1, 0.15) is 17.5 Å². The zero-order valence-electron chi connectivity index (χ0n) is 17.4. The molecule has 8 heteroatoms. The SMILES string of the molecule is CCOC(=O)C(C)N1C(C)CCCOP1(=O)c1ccc(Oc2ccc(Cl)cc2)cc1. The Morgan fingerprint density at radius 3 is 2.40 bits per heavy atom. The molecule has 0 radical (unpaired) electrons. The van der Waals surface area contributed by atoms with E-state index in [2.05, 4.69) is 0 Å². The monoisotopic (exact) mass is 451 g/mol. The predicted molar refractivity (Wildman–Crippen MR) is 118 cm³/mol. The van der Waals surface area contributed by atoms with Gasteiger partial charge < -0.3 is 14.0 Å². The molecule has 0 aliphatic carbocycles. The summed E-state index contributed by atoms with van der Waals surface area (Å²) in [7, 11) is -3.46. The van der Waals surface area contributed by atoms with Crippen LogP contribution in [0.4, 0.5) is 0 Å². The maximum absolute atomic E-state index is 14.1. The van der Waals surface area contributed by atoms with Gasteiger partial charge in [-0.05, 0) is 82.1 Å². The van der Waals surface area contributed by atoms with E-state index in [9.17, 15) is 9.36 Å². The molecule has 3 unspecified atom stereocenters. The number of carbonyl (C=O) groups is 1. The lowest BCUT2D eigenvalue weighted by molar-refractivity contribution is -0.147. The van der Waals surface area contributed by atoms with E-state index < -0.39 is 19.5 Å². The predicted octanol–water partition coefficient (Wildman–Crippen LogP) is 5.40. The van der Waals surface area contributed by atoms with Gasteiger partial charge in [-0.3, -0.25) is 9.36 Å². The van der Waals surface area contributed by atoms with Gasteiger partial charge in [0.2, 0.25) is 0 Å². The highest BCUT2D eigenvalue weighted by Gasteiger charge is 2.44. The fourth-order valence-electron chi connectivity index (χ4n) is 3.56. The van der Waals surface area contributed by atoms with Gasteiger partial charge in [0, 0.05) is 11.1 Å². The zero-order valence-corrected chi connectivity index (χ0v) is 19.1. The van der Waals surface area contributed by atoms with Crippen LogP contribution >= 0.6 is 19.1 Å². The van der Waals surface area contributed by atoms with Crippen molar-refractivity contribution in [1.82, 2.24) is 4.67 Å². The van der Waals surface area contributed by atoms with E-state index in [1.165, 1.54) is 0 Å². The lowest BCUT2D eigenvalue weighted by atomic mass is 10.1. The van der Waals surface area contributed by atoms with Crippen LogP contribution in [0, 0.1) is 0 Å². The first-order valence-electron chi connectivity index (χ1n) is 10.1. The minimum Gasteiger partial charge on any atom is -0.465 e. The van der Waals surface area contributed by atoms with Gasteiger partial charge in [0.15, 0.2) is 0 Å². The maximum atomic E-state index is 14.1. The summed E-state index contributed by atoms with van der Waals surface area (Å²) >= 11 is 5.90. The molecule has 2 aromatic rings. The standard InChI is InChI=1S/C22H27ClNO5P/c1-4-27-22(25)17(3)24-16(2)6-5-15-28-30(24,26)21-13-11-20(12-14-21)29-19-9-7-18(23)8-10-19/h7-14,16-17H,4-6,15H2,1-3H3. The van der Waals surface area contributed by atoms with Crippen LogP contribution in [0.1, 0.15) is 33.6 Å². The highest BCUT2D eigenvalue weighted by atomic mass is 35.5. The smallest absolute Gasteiger partial charge is 0.323 e. The third kappa shape index (κ3) is 5.06. The van der Waals surface area contributed by atoms with Gasteiger partial charge in [-0.15, -0.1) is 0 Å². The molecule has 1 aliphatic heterocycles. The van der Waals surface area contributed by atoms with Crippen molar-refractivity contribution < 1.29 is 23.4 Å². The molecule has 3 atom stereocenters. The lowest BCUT2D eigenvalue weighted by Crippen LogP contribution is -2.44. The van der Waals surface area contributed by atoms with Crippen molar-refractivity contribution in [1.29, 1.82) is 0 Å². The number of ether oxygens (including phenoxy) is 2. The zero-order chi connectivity index (χ0) is 21.7. The van der Waals surface area contributed by atoms with Crippen molar-refractivity contribution in [3.8, 4) is 11.5 Å². The third-order valence-electron chi connectivity index (χ3n) is 5.03. The van der Waals surface area contributed by atoms with Gasteiger partial charge >= 0.3 is 13.5 Å². The van der Waals surface area contributed by atoms with E-state index in [0.29, 0.717) is 28.4 Å². The summed E-state index contributed by atoms with van der Waals surface area (Å²) in [6, 6.07) is 13.2. The van der Waals surface area contributed by atoms with Crippen molar-refractivity contribution in [2.24, 2.45) is 0 Å². The van der Waals surface area contributed by atoms with E-state index in [1.54, 1.807) is 67.0 Å². The fraction of sp³-hybridized carbons (Fsp3) is 0.409. The Labute approximate surface area is 182 Å². The average molecular weight is 452 g/mol. The molecule has 1 heterocycles. The number of hydrogen-bond donors (Lipinski definition) is 0. The minimum absolute atomic E-state index is 0.0947. The quantitative estimate of drug-likeness (QED) is 0.432. The first-order valence-corrected chi connectivity index (χ1v) is 12.0. The Balaban J connectivity index is 1.88. The molecular weight excluding hydrogens is 425 g/mol. The molecule has 1 saturated heterocycles. The molecule has 0 spiro atoms.